The maximum absolute atomic E-state index is 11.9. The zero-order valence-corrected chi connectivity index (χ0v) is 9.32. The Bertz CT molecular complexity index is 499. The van der Waals surface area contributed by atoms with Crippen molar-refractivity contribution in [1.82, 2.24) is 0 Å². The van der Waals surface area contributed by atoms with Crippen LogP contribution in [-0.2, 0) is 0 Å². The van der Waals surface area contributed by atoms with Gasteiger partial charge in [0.25, 0.3) is 0 Å². The second kappa shape index (κ2) is 4.41. The number of hydrogen-bond acceptors (Lipinski definition) is 3. The number of ether oxygens (including phenoxy) is 1. The van der Waals surface area contributed by atoms with Crippen LogP contribution in [0.1, 0.15) is 16.1 Å². The van der Waals surface area contributed by atoms with Crippen molar-refractivity contribution in [2.75, 3.05) is 7.11 Å². The van der Waals surface area contributed by atoms with E-state index < -0.39 is 0 Å². The Morgan fingerprint density at radius 3 is 2.38 bits per heavy atom. The van der Waals surface area contributed by atoms with Crippen LogP contribution >= 0.6 is 11.6 Å². The summed E-state index contributed by atoms with van der Waals surface area (Å²) >= 11 is 5.60. The number of halogens is 1. The third kappa shape index (κ3) is 2.09. The van der Waals surface area contributed by atoms with Crippen LogP contribution in [-0.4, -0.2) is 12.9 Å². The van der Waals surface area contributed by atoms with Gasteiger partial charge in [0, 0.05) is 5.56 Å². The van der Waals surface area contributed by atoms with Gasteiger partial charge in [-0.15, -0.1) is 0 Å². The molecule has 0 radical (unpaired) electrons. The number of benzene rings is 1. The fourth-order valence-electron chi connectivity index (χ4n) is 1.32. The highest BCUT2D eigenvalue weighted by Gasteiger charge is 2.12. The van der Waals surface area contributed by atoms with Crippen molar-refractivity contribution < 1.29 is 13.9 Å². The lowest BCUT2D eigenvalue weighted by molar-refractivity contribution is 0.101. The molecule has 0 spiro atoms. The summed E-state index contributed by atoms with van der Waals surface area (Å²) in [4.78, 5) is 11.9. The molecule has 0 fully saturated rings. The molecule has 1 heterocycles. The molecule has 1 aromatic heterocycles. The van der Waals surface area contributed by atoms with Gasteiger partial charge in [0.15, 0.2) is 11.0 Å². The second-order valence-corrected chi connectivity index (χ2v) is 3.53. The quantitative estimate of drug-likeness (QED) is 0.769. The minimum absolute atomic E-state index is 0.199. The molecule has 0 atom stereocenters. The van der Waals surface area contributed by atoms with Gasteiger partial charge in [-0.2, -0.15) is 0 Å². The minimum atomic E-state index is -0.199. The van der Waals surface area contributed by atoms with Gasteiger partial charge in [-0.25, -0.2) is 0 Å². The second-order valence-electron chi connectivity index (χ2n) is 3.16. The maximum Gasteiger partial charge on any atom is 0.228 e. The van der Waals surface area contributed by atoms with Gasteiger partial charge >= 0.3 is 0 Å². The molecule has 0 aliphatic heterocycles. The van der Waals surface area contributed by atoms with Crippen molar-refractivity contribution in [2.45, 2.75) is 0 Å². The number of ketones is 1. The topological polar surface area (TPSA) is 39.4 Å². The number of rotatable bonds is 3. The van der Waals surface area contributed by atoms with Crippen molar-refractivity contribution in [2.24, 2.45) is 0 Å². The summed E-state index contributed by atoms with van der Waals surface area (Å²) in [5.74, 6) is 0.735. The van der Waals surface area contributed by atoms with E-state index in [1.54, 1.807) is 37.4 Å². The van der Waals surface area contributed by atoms with Gasteiger partial charge in [-0.05, 0) is 48.0 Å². The highest BCUT2D eigenvalue weighted by molar-refractivity contribution is 6.29. The fraction of sp³-hybridized carbons (Fsp3) is 0.0833. The SMILES string of the molecule is COc1ccc(C(=O)c2ccc(Cl)o2)cc1. The summed E-state index contributed by atoms with van der Waals surface area (Å²) in [6.45, 7) is 0. The van der Waals surface area contributed by atoms with Crippen molar-refractivity contribution in [1.29, 1.82) is 0 Å². The van der Waals surface area contributed by atoms with Gasteiger partial charge in [-0.1, -0.05) is 0 Å². The molecule has 2 rings (SSSR count). The lowest BCUT2D eigenvalue weighted by Crippen LogP contribution is -1.99. The molecule has 0 amide bonds. The number of furan rings is 1. The molecule has 0 aliphatic carbocycles. The average Bonchev–Trinajstić information content (AvgIpc) is 2.75. The fourth-order valence-corrected chi connectivity index (χ4v) is 1.47. The van der Waals surface area contributed by atoms with Crippen LogP contribution in [0.15, 0.2) is 40.8 Å². The van der Waals surface area contributed by atoms with E-state index in [1.165, 1.54) is 6.07 Å². The molecule has 82 valence electrons. The largest absolute Gasteiger partial charge is 0.497 e. The summed E-state index contributed by atoms with van der Waals surface area (Å²) in [7, 11) is 1.57. The zero-order valence-electron chi connectivity index (χ0n) is 8.57. The van der Waals surface area contributed by atoms with Gasteiger partial charge in [0.2, 0.25) is 5.78 Å². The van der Waals surface area contributed by atoms with Crippen LogP contribution in [0.3, 0.4) is 0 Å². The van der Waals surface area contributed by atoms with E-state index in [1.807, 2.05) is 0 Å². The Hall–Kier alpha value is -1.74. The van der Waals surface area contributed by atoms with Gasteiger partial charge < -0.3 is 9.15 Å². The van der Waals surface area contributed by atoms with Crippen LogP contribution < -0.4 is 4.74 Å². The van der Waals surface area contributed by atoms with Crippen LogP contribution in [0.5, 0.6) is 5.75 Å². The molecule has 0 unspecified atom stereocenters. The molecule has 0 saturated carbocycles. The van der Waals surface area contributed by atoms with Crippen LogP contribution in [0.25, 0.3) is 0 Å². The Labute approximate surface area is 97.6 Å². The van der Waals surface area contributed by atoms with E-state index in [2.05, 4.69) is 0 Å². The number of methoxy groups -OCH3 is 1. The Morgan fingerprint density at radius 2 is 1.88 bits per heavy atom. The van der Waals surface area contributed by atoms with E-state index in [0.717, 1.165) is 0 Å². The number of carbonyl (C=O) groups excluding carboxylic acids is 1. The number of carbonyl (C=O) groups is 1. The van der Waals surface area contributed by atoms with Crippen molar-refractivity contribution in [3.8, 4) is 5.75 Å². The molecular weight excluding hydrogens is 228 g/mol. The van der Waals surface area contributed by atoms with Crippen LogP contribution in [0, 0.1) is 0 Å². The first-order chi connectivity index (χ1) is 7.70. The molecular formula is C12H9ClO3. The molecule has 16 heavy (non-hydrogen) atoms. The predicted molar refractivity (Wildman–Crippen MR) is 60.1 cm³/mol. The van der Waals surface area contributed by atoms with E-state index in [9.17, 15) is 4.79 Å². The summed E-state index contributed by atoms with van der Waals surface area (Å²) < 4.78 is 10.0. The first kappa shape index (κ1) is 10.8. The van der Waals surface area contributed by atoms with Crippen LogP contribution in [0.2, 0.25) is 5.22 Å². The van der Waals surface area contributed by atoms with Gasteiger partial charge in [0.1, 0.15) is 5.75 Å². The van der Waals surface area contributed by atoms with Gasteiger partial charge in [0.05, 0.1) is 7.11 Å². The van der Waals surface area contributed by atoms with Crippen LogP contribution in [0.4, 0.5) is 0 Å². The predicted octanol–water partition coefficient (Wildman–Crippen LogP) is 3.17. The zero-order chi connectivity index (χ0) is 11.5. The lowest BCUT2D eigenvalue weighted by atomic mass is 10.1. The van der Waals surface area contributed by atoms with Crippen molar-refractivity contribution >= 4 is 17.4 Å². The molecule has 0 N–H and O–H groups in total. The molecule has 0 aliphatic rings. The maximum atomic E-state index is 11.9. The first-order valence-corrected chi connectivity index (χ1v) is 5.02. The highest BCUT2D eigenvalue weighted by Crippen LogP contribution is 2.18. The Kier molecular flexibility index (Phi) is 2.97. The monoisotopic (exact) mass is 236 g/mol. The third-order valence-electron chi connectivity index (χ3n) is 2.15. The highest BCUT2D eigenvalue weighted by atomic mass is 35.5. The Balaban J connectivity index is 2.27. The van der Waals surface area contributed by atoms with E-state index in [0.29, 0.717) is 11.3 Å². The summed E-state index contributed by atoms with van der Waals surface area (Å²) in [5.41, 5.74) is 0.534. The van der Waals surface area contributed by atoms with E-state index in [4.69, 9.17) is 20.8 Å². The molecule has 0 saturated heterocycles. The average molecular weight is 237 g/mol. The number of hydrogen-bond donors (Lipinski definition) is 0. The molecule has 2 aromatic rings. The molecule has 3 nitrogen and oxygen atoms in total. The summed E-state index contributed by atoms with van der Waals surface area (Å²) in [6.07, 6.45) is 0. The normalized spacial score (nSPS) is 10.1. The first-order valence-electron chi connectivity index (χ1n) is 4.65. The van der Waals surface area contributed by atoms with E-state index in [-0.39, 0.29) is 16.8 Å². The third-order valence-corrected chi connectivity index (χ3v) is 2.35. The summed E-state index contributed by atoms with van der Waals surface area (Å²) in [5, 5.41) is 0.205. The van der Waals surface area contributed by atoms with E-state index >= 15 is 0 Å². The van der Waals surface area contributed by atoms with Gasteiger partial charge in [-0.3, -0.25) is 4.79 Å². The summed E-state index contributed by atoms with van der Waals surface area (Å²) in [6, 6.07) is 9.89. The smallest absolute Gasteiger partial charge is 0.228 e. The molecule has 0 bridgehead atoms. The van der Waals surface area contributed by atoms with Crippen molar-refractivity contribution in [3.05, 3.63) is 52.9 Å². The standard InChI is InChI=1S/C12H9ClO3/c1-15-9-4-2-8(3-5-9)12(14)10-6-7-11(13)16-10/h2-7H,1H3. The minimum Gasteiger partial charge on any atom is -0.497 e. The van der Waals surface area contributed by atoms with Crippen molar-refractivity contribution in [3.63, 3.8) is 0 Å². The molecule has 1 aromatic carbocycles. The Morgan fingerprint density at radius 1 is 1.19 bits per heavy atom. The molecule has 4 heteroatoms. The lowest BCUT2D eigenvalue weighted by Gasteiger charge is -2.00.